The van der Waals surface area contributed by atoms with Gasteiger partial charge in [0, 0.05) is 18.8 Å². The van der Waals surface area contributed by atoms with Crippen molar-refractivity contribution in [3.63, 3.8) is 0 Å². The lowest BCUT2D eigenvalue weighted by atomic mass is 9.82. The first-order valence-electron chi connectivity index (χ1n) is 9.14. The maximum absolute atomic E-state index is 13.6. The normalized spacial score (nSPS) is 27.8. The number of aliphatic hydroxyl groups is 1. The molecule has 3 N–H and O–H groups in total. The number of anilines is 1. The summed E-state index contributed by atoms with van der Waals surface area (Å²) in [4.78, 5) is 26.3. The molecule has 8 nitrogen and oxygen atoms in total. The van der Waals surface area contributed by atoms with Crippen molar-refractivity contribution < 1.29 is 37.3 Å². The first-order chi connectivity index (χ1) is 13.7. The summed E-state index contributed by atoms with van der Waals surface area (Å²) in [6.45, 7) is 3.72. The van der Waals surface area contributed by atoms with Gasteiger partial charge in [0.2, 0.25) is 0 Å². The number of rotatable bonds is 4. The first-order valence-corrected chi connectivity index (χ1v) is 9.14. The smallest absolute Gasteiger partial charge is 0.437 e. The second kappa shape index (κ2) is 8.07. The highest BCUT2D eigenvalue weighted by Crippen LogP contribution is 2.43. The molecule has 3 atom stereocenters. The van der Waals surface area contributed by atoms with E-state index in [0.717, 1.165) is 5.69 Å². The summed E-state index contributed by atoms with van der Waals surface area (Å²) < 4.78 is 50.9. The Balaban J connectivity index is 1.95. The molecule has 0 bridgehead atoms. The van der Waals surface area contributed by atoms with Gasteiger partial charge in [-0.05, 0) is 24.6 Å². The van der Waals surface area contributed by atoms with Crippen molar-refractivity contribution in [1.82, 2.24) is 10.6 Å². The Labute approximate surface area is 164 Å². The summed E-state index contributed by atoms with van der Waals surface area (Å²) in [5.41, 5.74) is -2.71. The van der Waals surface area contributed by atoms with E-state index in [1.54, 1.807) is 12.1 Å². The largest absolute Gasteiger partial charge is 0.466 e. The summed E-state index contributed by atoms with van der Waals surface area (Å²) in [7, 11) is 0. The SMILES string of the molecule is CCOC(=O)[C@@H]1[C@H](c2ccc(N3CCOCC3)cc2)NC(=O)N[C@]1(O)C(F)(F)F. The van der Waals surface area contributed by atoms with Crippen molar-refractivity contribution in [2.45, 2.75) is 24.9 Å². The number of hydrogen-bond donors (Lipinski definition) is 3. The first kappa shape index (κ1) is 21.2. The topological polar surface area (TPSA) is 100 Å². The molecule has 160 valence electrons. The summed E-state index contributed by atoms with van der Waals surface area (Å²) in [6, 6.07) is 3.72. The van der Waals surface area contributed by atoms with Gasteiger partial charge in [0.05, 0.1) is 25.9 Å². The van der Waals surface area contributed by atoms with Crippen molar-refractivity contribution in [2.75, 3.05) is 37.8 Å². The average molecular weight is 417 g/mol. The van der Waals surface area contributed by atoms with Crippen molar-refractivity contribution in [3.05, 3.63) is 29.8 Å². The van der Waals surface area contributed by atoms with Gasteiger partial charge in [-0.2, -0.15) is 13.2 Å². The highest BCUT2D eigenvalue weighted by atomic mass is 19.4. The van der Waals surface area contributed by atoms with E-state index in [4.69, 9.17) is 9.47 Å². The van der Waals surface area contributed by atoms with Crippen LogP contribution < -0.4 is 15.5 Å². The lowest BCUT2D eigenvalue weighted by molar-refractivity contribution is -0.294. The lowest BCUT2D eigenvalue weighted by Gasteiger charge is -2.44. The number of esters is 1. The van der Waals surface area contributed by atoms with Crippen LogP contribution in [0.25, 0.3) is 0 Å². The number of nitrogens with zero attached hydrogens (tertiary/aromatic N) is 1. The van der Waals surface area contributed by atoms with E-state index >= 15 is 0 Å². The zero-order valence-electron chi connectivity index (χ0n) is 15.7. The summed E-state index contributed by atoms with van der Waals surface area (Å²) in [6.07, 6.45) is -5.30. The Morgan fingerprint density at radius 2 is 1.93 bits per heavy atom. The highest BCUT2D eigenvalue weighted by Gasteiger charge is 2.67. The van der Waals surface area contributed by atoms with E-state index < -0.39 is 35.9 Å². The Hall–Kier alpha value is -2.53. The Morgan fingerprint density at radius 3 is 2.48 bits per heavy atom. The Kier molecular flexibility index (Phi) is 5.90. The van der Waals surface area contributed by atoms with Gasteiger partial charge < -0.3 is 30.1 Å². The van der Waals surface area contributed by atoms with Crippen LogP contribution in [0.5, 0.6) is 0 Å². The highest BCUT2D eigenvalue weighted by molar-refractivity contribution is 5.83. The quantitative estimate of drug-likeness (QED) is 0.639. The minimum Gasteiger partial charge on any atom is -0.466 e. The van der Waals surface area contributed by atoms with E-state index in [9.17, 15) is 27.9 Å². The molecule has 2 saturated heterocycles. The molecule has 2 heterocycles. The molecular formula is C18H22F3N3O5. The number of amides is 2. The molecule has 2 aliphatic rings. The fourth-order valence-corrected chi connectivity index (χ4v) is 3.53. The molecule has 29 heavy (non-hydrogen) atoms. The fourth-order valence-electron chi connectivity index (χ4n) is 3.53. The maximum Gasteiger partial charge on any atom is 0.437 e. The van der Waals surface area contributed by atoms with Crippen LogP contribution in [0, 0.1) is 5.92 Å². The number of carbonyl (C=O) groups is 2. The number of nitrogens with one attached hydrogen (secondary N) is 2. The van der Waals surface area contributed by atoms with Crippen LogP contribution in [0.4, 0.5) is 23.7 Å². The van der Waals surface area contributed by atoms with Crippen LogP contribution in [0.15, 0.2) is 24.3 Å². The van der Waals surface area contributed by atoms with Crippen LogP contribution in [0.3, 0.4) is 0 Å². The van der Waals surface area contributed by atoms with Crippen LogP contribution >= 0.6 is 0 Å². The molecule has 3 rings (SSSR count). The minimum absolute atomic E-state index is 0.181. The molecule has 0 aromatic heterocycles. The number of halogens is 3. The molecule has 0 unspecified atom stereocenters. The molecule has 2 aliphatic heterocycles. The number of alkyl halides is 3. The fraction of sp³-hybridized carbons (Fsp3) is 0.556. The zero-order valence-corrected chi connectivity index (χ0v) is 15.7. The molecule has 0 saturated carbocycles. The van der Waals surface area contributed by atoms with Gasteiger partial charge in [-0.25, -0.2) is 4.79 Å². The van der Waals surface area contributed by atoms with Gasteiger partial charge in [-0.1, -0.05) is 12.1 Å². The Bertz CT molecular complexity index is 752. The third kappa shape index (κ3) is 4.10. The van der Waals surface area contributed by atoms with Gasteiger partial charge >= 0.3 is 18.2 Å². The number of ether oxygens (including phenoxy) is 2. The molecule has 0 radical (unpaired) electrons. The zero-order chi connectivity index (χ0) is 21.2. The predicted octanol–water partition coefficient (Wildman–Crippen LogP) is 1.31. The Morgan fingerprint density at radius 1 is 1.31 bits per heavy atom. The van der Waals surface area contributed by atoms with Crippen molar-refractivity contribution in [2.24, 2.45) is 5.92 Å². The van der Waals surface area contributed by atoms with E-state index in [1.807, 2.05) is 4.90 Å². The van der Waals surface area contributed by atoms with Gasteiger partial charge in [0.25, 0.3) is 5.72 Å². The molecule has 2 fully saturated rings. The molecular weight excluding hydrogens is 395 g/mol. The van der Waals surface area contributed by atoms with Crippen LogP contribution in [0.1, 0.15) is 18.5 Å². The van der Waals surface area contributed by atoms with E-state index in [1.165, 1.54) is 24.4 Å². The summed E-state index contributed by atoms with van der Waals surface area (Å²) in [5.74, 6) is -3.41. The van der Waals surface area contributed by atoms with Gasteiger partial charge in [-0.15, -0.1) is 0 Å². The molecule has 1 aromatic carbocycles. The van der Waals surface area contributed by atoms with E-state index in [-0.39, 0.29) is 12.2 Å². The number of hydrogen-bond acceptors (Lipinski definition) is 6. The minimum atomic E-state index is -5.30. The third-order valence-corrected chi connectivity index (χ3v) is 4.98. The maximum atomic E-state index is 13.6. The van der Waals surface area contributed by atoms with Gasteiger partial charge in [-0.3, -0.25) is 4.79 Å². The van der Waals surface area contributed by atoms with Crippen molar-refractivity contribution in [1.29, 1.82) is 0 Å². The molecule has 11 heteroatoms. The molecule has 1 aromatic rings. The van der Waals surface area contributed by atoms with Crippen LogP contribution in [-0.2, 0) is 14.3 Å². The molecule has 0 spiro atoms. The monoisotopic (exact) mass is 417 g/mol. The number of morpholine rings is 1. The third-order valence-electron chi connectivity index (χ3n) is 4.98. The van der Waals surface area contributed by atoms with E-state index in [2.05, 4.69) is 5.32 Å². The van der Waals surface area contributed by atoms with E-state index in [0.29, 0.717) is 26.3 Å². The number of carbonyl (C=O) groups excluding carboxylic acids is 2. The lowest BCUT2D eigenvalue weighted by Crippen LogP contribution is -2.73. The standard InChI is InChI=1S/C18H22F3N3O5/c1-2-29-15(25)13-14(22-16(26)23-17(13,27)18(19,20)21)11-3-5-12(6-4-11)24-7-9-28-10-8-24/h3-6,13-14,27H,2,7-10H2,1H3,(H2,22,23,26)/t13-,14-,17+/m0/s1. The van der Waals surface area contributed by atoms with Crippen LogP contribution in [-0.4, -0.2) is 61.9 Å². The van der Waals surface area contributed by atoms with Crippen molar-refractivity contribution >= 4 is 17.7 Å². The number of urea groups is 1. The summed E-state index contributed by atoms with van der Waals surface area (Å²) >= 11 is 0. The predicted molar refractivity (Wildman–Crippen MR) is 95.0 cm³/mol. The van der Waals surface area contributed by atoms with Crippen molar-refractivity contribution in [3.8, 4) is 0 Å². The van der Waals surface area contributed by atoms with Gasteiger partial charge in [0.15, 0.2) is 0 Å². The van der Waals surface area contributed by atoms with Gasteiger partial charge in [0.1, 0.15) is 5.92 Å². The summed E-state index contributed by atoms with van der Waals surface area (Å²) in [5, 5.41) is 14.1. The number of benzene rings is 1. The molecule has 0 aliphatic carbocycles. The average Bonchev–Trinajstić information content (AvgIpc) is 2.67. The second-order valence-electron chi connectivity index (χ2n) is 6.76. The second-order valence-corrected chi connectivity index (χ2v) is 6.76. The van der Waals surface area contributed by atoms with Crippen LogP contribution in [0.2, 0.25) is 0 Å². The molecule has 2 amide bonds.